The summed E-state index contributed by atoms with van der Waals surface area (Å²) in [6.07, 6.45) is 6.72. The number of pyridine rings is 2. The van der Waals surface area contributed by atoms with Crippen LogP contribution in [0.1, 0.15) is 19.3 Å². The molecule has 1 aromatic carbocycles. The van der Waals surface area contributed by atoms with Crippen molar-refractivity contribution in [1.29, 1.82) is 0 Å². The Morgan fingerprint density at radius 1 is 1.14 bits per heavy atom. The number of fused-ring (bicyclic) bond motifs is 1. The molecule has 1 N–H and O–H groups in total. The highest BCUT2D eigenvalue weighted by Gasteiger charge is 2.32. The Labute approximate surface area is 210 Å². The van der Waals surface area contributed by atoms with Crippen LogP contribution in [0.2, 0.25) is 0 Å². The fraction of sp³-hybridized carbons (Fsp3) is 0.423. The van der Waals surface area contributed by atoms with Crippen LogP contribution in [0.15, 0.2) is 47.8 Å². The third-order valence-corrected chi connectivity index (χ3v) is 7.85. The molecule has 190 valence electrons. The van der Waals surface area contributed by atoms with Gasteiger partial charge in [-0.2, -0.15) is 0 Å². The molecular formula is C26H30N4O5S. The van der Waals surface area contributed by atoms with Gasteiger partial charge in [-0.1, -0.05) is 0 Å². The van der Waals surface area contributed by atoms with Gasteiger partial charge in [-0.25, -0.2) is 13.4 Å². The van der Waals surface area contributed by atoms with Crippen molar-refractivity contribution in [2.24, 2.45) is 5.92 Å². The highest BCUT2D eigenvalue weighted by atomic mass is 32.2. The molecule has 3 aromatic rings. The summed E-state index contributed by atoms with van der Waals surface area (Å²) in [5, 5.41) is 3.82. The van der Waals surface area contributed by atoms with Gasteiger partial charge in [-0.3, -0.25) is 9.78 Å². The van der Waals surface area contributed by atoms with Crippen LogP contribution in [0, 0.1) is 5.92 Å². The minimum absolute atomic E-state index is 0.0113. The number of ether oxygens (including phenoxy) is 2. The molecule has 0 saturated carbocycles. The van der Waals surface area contributed by atoms with Crippen molar-refractivity contribution in [3.8, 4) is 16.9 Å². The number of sulfone groups is 1. The van der Waals surface area contributed by atoms with E-state index in [1.807, 2.05) is 29.2 Å². The van der Waals surface area contributed by atoms with Crippen LogP contribution in [0.3, 0.4) is 0 Å². The lowest BCUT2D eigenvalue weighted by Crippen LogP contribution is -2.38. The molecule has 2 fully saturated rings. The maximum absolute atomic E-state index is 12.9. The zero-order chi connectivity index (χ0) is 25.3. The maximum Gasteiger partial charge on any atom is 0.225 e. The average molecular weight is 511 g/mol. The number of hydrogen-bond donors (Lipinski definition) is 1. The molecule has 4 heterocycles. The van der Waals surface area contributed by atoms with Gasteiger partial charge in [0.2, 0.25) is 5.91 Å². The number of nitrogens with zero attached hydrogens (tertiary/aromatic N) is 3. The van der Waals surface area contributed by atoms with Crippen LogP contribution in [-0.4, -0.2) is 74.9 Å². The van der Waals surface area contributed by atoms with Gasteiger partial charge in [0.1, 0.15) is 11.9 Å². The lowest BCUT2D eigenvalue weighted by atomic mass is 9.99. The number of likely N-dealkylation sites (tertiary alicyclic amines) is 1. The quantitative estimate of drug-likeness (QED) is 0.539. The van der Waals surface area contributed by atoms with Gasteiger partial charge in [-0.15, -0.1) is 0 Å². The highest BCUT2D eigenvalue weighted by Crippen LogP contribution is 2.33. The summed E-state index contributed by atoms with van der Waals surface area (Å²) in [5.74, 6) is 0.966. The molecule has 2 saturated heterocycles. The van der Waals surface area contributed by atoms with Crippen molar-refractivity contribution in [3.05, 3.63) is 42.7 Å². The number of benzene rings is 1. The number of aromatic nitrogens is 2. The summed E-state index contributed by atoms with van der Waals surface area (Å²) in [6.45, 7) is 2.59. The Bertz CT molecular complexity index is 1390. The SMILES string of the molecule is CNc1cc(-c2ccnc3ccc(OC4CCN(C(=O)C5CCOCC5)C4)cc23)cnc1S(C)(=O)=O. The van der Waals surface area contributed by atoms with Crippen molar-refractivity contribution in [3.63, 3.8) is 0 Å². The molecule has 2 aromatic heterocycles. The lowest BCUT2D eigenvalue weighted by Gasteiger charge is -2.26. The number of carbonyl (C=O) groups excluding carboxylic acids is 1. The fourth-order valence-electron chi connectivity index (χ4n) is 4.94. The summed E-state index contributed by atoms with van der Waals surface area (Å²) >= 11 is 0. The third-order valence-electron chi connectivity index (χ3n) is 6.83. The van der Waals surface area contributed by atoms with E-state index in [1.54, 1.807) is 25.5 Å². The molecule has 1 unspecified atom stereocenters. The highest BCUT2D eigenvalue weighted by molar-refractivity contribution is 7.90. The molecule has 36 heavy (non-hydrogen) atoms. The van der Waals surface area contributed by atoms with Gasteiger partial charge < -0.3 is 19.7 Å². The van der Waals surface area contributed by atoms with Gasteiger partial charge in [-0.05, 0) is 48.7 Å². The van der Waals surface area contributed by atoms with Gasteiger partial charge >= 0.3 is 0 Å². The second-order valence-corrected chi connectivity index (χ2v) is 11.3. The number of carbonyl (C=O) groups is 1. The molecule has 9 nitrogen and oxygen atoms in total. The molecule has 0 bridgehead atoms. The predicted octanol–water partition coefficient (Wildman–Crippen LogP) is 3.15. The van der Waals surface area contributed by atoms with Crippen molar-refractivity contribution in [2.75, 3.05) is 44.9 Å². The van der Waals surface area contributed by atoms with Crippen LogP contribution in [0.4, 0.5) is 5.69 Å². The third kappa shape index (κ3) is 5.01. The van der Waals surface area contributed by atoms with Crippen molar-refractivity contribution < 1.29 is 22.7 Å². The zero-order valence-corrected chi connectivity index (χ0v) is 21.3. The molecule has 2 aliphatic rings. The van der Waals surface area contributed by atoms with E-state index in [2.05, 4.69) is 15.3 Å². The smallest absolute Gasteiger partial charge is 0.225 e. The number of rotatable bonds is 6. The zero-order valence-electron chi connectivity index (χ0n) is 20.4. The Kier molecular flexibility index (Phi) is 6.81. The standard InChI is InChI=1S/C26H30N4O5S/c1-27-24-13-18(15-29-25(24)36(2,32)33)21-5-9-28-23-4-3-19(14-22(21)23)35-20-6-10-30(16-20)26(31)17-7-11-34-12-8-17/h3-5,9,13-15,17,20,27H,6-8,10-12,16H2,1-2H3. The summed E-state index contributed by atoms with van der Waals surface area (Å²) in [6, 6.07) is 9.41. The molecular weight excluding hydrogens is 480 g/mol. The average Bonchev–Trinajstić information content (AvgIpc) is 3.36. The van der Waals surface area contributed by atoms with Gasteiger partial charge in [0.05, 0.1) is 17.7 Å². The Morgan fingerprint density at radius 2 is 1.94 bits per heavy atom. The van der Waals surface area contributed by atoms with Crippen LogP contribution in [-0.2, 0) is 19.4 Å². The largest absolute Gasteiger partial charge is 0.488 e. The summed E-state index contributed by atoms with van der Waals surface area (Å²) in [4.78, 5) is 23.5. The first-order chi connectivity index (χ1) is 17.3. The van der Waals surface area contributed by atoms with E-state index >= 15 is 0 Å². The number of hydrogen-bond acceptors (Lipinski definition) is 8. The second-order valence-electron chi connectivity index (χ2n) is 9.34. The minimum atomic E-state index is -3.47. The molecule has 10 heteroatoms. The molecule has 1 amide bonds. The topological polar surface area (TPSA) is 111 Å². The van der Waals surface area contributed by atoms with E-state index < -0.39 is 9.84 Å². The molecule has 0 spiro atoms. The van der Waals surface area contributed by atoms with Gasteiger partial charge in [0, 0.05) is 68.7 Å². The molecule has 1 atom stereocenters. The second kappa shape index (κ2) is 10.0. The minimum Gasteiger partial charge on any atom is -0.488 e. The number of anilines is 1. The summed E-state index contributed by atoms with van der Waals surface area (Å²) in [5.41, 5.74) is 2.87. The first kappa shape index (κ1) is 24.5. The van der Waals surface area contributed by atoms with Crippen LogP contribution >= 0.6 is 0 Å². The molecule has 0 radical (unpaired) electrons. The van der Waals surface area contributed by atoms with Crippen LogP contribution in [0.5, 0.6) is 5.75 Å². The Balaban J connectivity index is 1.38. The van der Waals surface area contributed by atoms with E-state index in [9.17, 15) is 13.2 Å². The first-order valence-electron chi connectivity index (χ1n) is 12.1. The van der Waals surface area contributed by atoms with Crippen molar-refractivity contribution in [2.45, 2.75) is 30.4 Å². The summed E-state index contributed by atoms with van der Waals surface area (Å²) < 4.78 is 35.8. The Morgan fingerprint density at radius 3 is 2.69 bits per heavy atom. The maximum atomic E-state index is 12.9. The fourth-order valence-corrected chi connectivity index (χ4v) is 5.75. The Hall–Kier alpha value is -3.24. The van der Waals surface area contributed by atoms with E-state index in [1.165, 1.54) is 0 Å². The number of nitrogens with one attached hydrogen (secondary N) is 1. The van der Waals surface area contributed by atoms with Gasteiger partial charge in [0.15, 0.2) is 14.9 Å². The lowest BCUT2D eigenvalue weighted by molar-refractivity contribution is -0.137. The van der Waals surface area contributed by atoms with E-state index in [0.717, 1.165) is 47.5 Å². The van der Waals surface area contributed by atoms with E-state index in [0.29, 0.717) is 37.7 Å². The van der Waals surface area contributed by atoms with Crippen LogP contribution in [0.25, 0.3) is 22.0 Å². The number of amides is 1. The monoisotopic (exact) mass is 510 g/mol. The van der Waals surface area contributed by atoms with Crippen LogP contribution < -0.4 is 10.1 Å². The molecule has 0 aliphatic carbocycles. The first-order valence-corrected chi connectivity index (χ1v) is 14.0. The normalized spacial score (nSPS) is 18.9. The molecule has 5 rings (SSSR count). The van der Waals surface area contributed by atoms with Gasteiger partial charge in [0.25, 0.3) is 0 Å². The van der Waals surface area contributed by atoms with Crippen molar-refractivity contribution in [1.82, 2.24) is 14.9 Å². The van der Waals surface area contributed by atoms with Crippen molar-refractivity contribution >= 4 is 32.3 Å². The van der Waals surface area contributed by atoms with E-state index in [4.69, 9.17) is 9.47 Å². The van der Waals surface area contributed by atoms with E-state index in [-0.39, 0.29) is 23.0 Å². The molecule has 2 aliphatic heterocycles. The predicted molar refractivity (Wildman–Crippen MR) is 137 cm³/mol. The summed E-state index contributed by atoms with van der Waals surface area (Å²) in [7, 11) is -1.79.